The monoisotopic (exact) mass is 302 g/mol. The molecule has 0 spiro atoms. The largest absolute Gasteiger partial charge is 0.463 e. The van der Waals surface area contributed by atoms with Gasteiger partial charge in [-0.2, -0.15) is 8.78 Å². The van der Waals surface area contributed by atoms with Crippen LogP contribution in [-0.4, -0.2) is 37.0 Å². The van der Waals surface area contributed by atoms with E-state index in [4.69, 9.17) is 4.74 Å². The number of carbonyl (C=O) groups excluding carboxylic acids is 2. The molecule has 1 atom stereocenters. The number of halogens is 4. The molecule has 0 N–H and O–H groups in total. The molecule has 8 heteroatoms. The summed E-state index contributed by atoms with van der Waals surface area (Å²) in [5.74, 6) is -6.19. The van der Waals surface area contributed by atoms with Crippen molar-refractivity contribution in [2.45, 2.75) is 58.0 Å². The zero-order valence-electron chi connectivity index (χ0n) is 11.3. The fourth-order valence-electron chi connectivity index (χ4n) is 1.26. The van der Waals surface area contributed by atoms with Crippen molar-refractivity contribution >= 4 is 11.9 Å². The molecule has 0 fully saturated rings. The van der Waals surface area contributed by atoms with E-state index in [1.807, 2.05) is 6.92 Å². The summed E-state index contributed by atoms with van der Waals surface area (Å²) in [6, 6.07) is 0. The molecule has 0 amide bonds. The predicted octanol–water partition coefficient (Wildman–Crippen LogP) is 2.94. The van der Waals surface area contributed by atoms with E-state index < -0.39 is 37.3 Å². The first-order valence-electron chi connectivity index (χ1n) is 6.20. The van der Waals surface area contributed by atoms with Crippen LogP contribution < -0.4 is 0 Å². The molecule has 118 valence electrons. The zero-order chi connectivity index (χ0) is 15.8. The van der Waals surface area contributed by atoms with E-state index in [1.165, 1.54) is 0 Å². The third kappa shape index (κ3) is 7.96. The number of carbonyl (C=O) groups is 2. The molecule has 0 aromatic carbocycles. The second kappa shape index (κ2) is 8.76. The first-order chi connectivity index (χ1) is 9.19. The van der Waals surface area contributed by atoms with Gasteiger partial charge in [0.05, 0.1) is 18.9 Å². The van der Waals surface area contributed by atoms with Crippen molar-refractivity contribution in [3.8, 4) is 0 Å². The second-order valence-corrected chi connectivity index (χ2v) is 4.31. The van der Waals surface area contributed by atoms with E-state index in [-0.39, 0.29) is 12.5 Å². The Balaban J connectivity index is 3.91. The van der Waals surface area contributed by atoms with E-state index in [0.717, 1.165) is 6.42 Å². The van der Waals surface area contributed by atoms with E-state index >= 15 is 0 Å². The molecule has 4 nitrogen and oxygen atoms in total. The van der Waals surface area contributed by atoms with Gasteiger partial charge < -0.3 is 9.47 Å². The number of ether oxygens (including phenoxy) is 2. The lowest BCUT2D eigenvalue weighted by Crippen LogP contribution is -2.33. The van der Waals surface area contributed by atoms with Gasteiger partial charge in [-0.05, 0) is 13.3 Å². The summed E-state index contributed by atoms with van der Waals surface area (Å²) >= 11 is 0. The molecule has 1 unspecified atom stereocenters. The third-order valence-corrected chi connectivity index (χ3v) is 2.31. The molecule has 20 heavy (non-hydrogen) atoms. The van der Waals surface area contributed by atoms with Gasteiger partial charge >= 0.3 is 24.3 Å². The molecular formula is C12H18F4O4. The first-order valence-corrected chi connectivity index (χ1v) is 6.20. The second-order valence-electron chi connectivity index (χ2n) is 4.31. The number of esters is 2. The van der Waals surface area contributed by atoms with Crippen LogP contribution in [-0.2, 0) is 19.1 Å². The molecule has 0 heterocycles. The fourth-order valence-corrected chi connectivity index (χ4v) is 1.26. The summed E-state index contributed by atoms with van der Waals surface area (Å²) in [6.45, 7) is 1.89. The first kappa shape index (κ1) is 18.7. The maximum Gasteiger partial charge on any atom is 0.340 e. The van der Waals surface area contributed by atoms with E-state index in [0.29, 0.717) is 6.42 Å². The molecule has 0 aromatic heterocycles. The molecule has 0 aliphatic heterocycles. The lowest BCUT2D eigenvalue weighted by molar-refractivity contribution is -0.180. The summed E-state index contributed by atoms with van der Waals surface area (Å²) in [5, 5.41) is 0. The van der Waals surface area contributed by atoms with Crippen molar-refractivity contribution in [2.75, 3.05) is 6.61 Å². The van der Waals surface area contributed by atoms with Crippen molar-refractivity contribution in [2.24, 2.45) is 0 Å². The van der Waals surface area contributed by atoms with Crippen LogP contribution in [0.25, 0.3) is 0 Å². The highest BCUT2D eigenvalue weighted by Crippen LogP contribution is 2.23. The maximum atomic E-state index is 12.4. The van der Waals surface area contributed by atoms with Crippen molar-refractivity contribution in [1.82, 2.24) is 0 Å². The topological polar surface area (TPSA) is 52.6 Å². The molecule has 0 rings (SSSR count). The third-order valence-electron chi connectivity index (χ3n) is 2.31. The minimum absolute atomic E-state index is 0.299. The average molecular weight is 302 g/mol. The zero-order valence-corrected chi connectivity index (χ0v) is 11.3. The molecular weight excluding hydrogens is 284 g/mol. The van der Waals surface area contributed by atoms with Crippen LogP contribution in [0, 0.1) is 0 Å². The summed E-state index contributed by atoms with van der Waals surface area (Å²) in [4.78, 5) is 22.3. The van der Waals surface area contributed by atoms with Crippen molar-refractivity contribution < 1.29 is 36.6 Å². The Hall–Kier alpha value is -1.34. The van der Waals surface area contributed by atoms with Gasteiger partial charge in [0.15, 0.2) is 6.61 Å². The summed E-state index contributed by atoms with van der Waals surface area (Å²) in [7, 11) is 0. The van der Waals surface area contributed by atoms with Gasteiger partial charge in [-0.25, -0.2) is 8.78 Å². The van der Waals surface area contributed by atoms with Crippen molar-refractivity contribution in [3.63, 3.8) is 0 Å². The standard InChI is InChI=1S/C12H18F4O4/c1-3-4-8(2)20-10(18)6-5-9(17)19-7-12(15,16)11(13)14/h8,11H,3-7H2,1-2H3. The van der Waals surface area contributed by atoms with Gasteiger partial charge in [-0.3, -0.25) is 9.59 Å². The highest BCUT2D eigenvalue weighted by atomic mass is 19.3. The van der Waals surface area contributed by atoms with Gasteiger partial charge in [0.25, 0.3) is 0 Å². The molecule has 0 saturated carbocycles. The van der Waals surface area contributed by atoms with Crippen molar-refractivity contribution in [1.29, 1.82) is 0 Å². The lowest BCUT2D eigenvalue weighted by atomic mass is 10.2. The lowest BCUT2D eigenvalue weighted by Gasteiger charge is -2.15. The Labute approximate surface area is 114 Å². The van der Waals surface area contributed by atoms with Crippen LogP contribution in [0.1, 0.15) is 39.5 Å². The minimum atomic E-state index is -4.38. The van der Waals surface area contributed by atoms with Gasteiger partial charge in [-0.1, -0.05) is 13.3 Å². The quantitative estimate of drug-likeness (QED) is 0.485. The molecule has 0 saturated heterocycles. The smallest absolute Gasteiger partial charge is 0.340 e. The van der Waals surface area contributed by atoms with Crippen LogP contribution in [0.4, 0.5) is 17.6 Å². The number of rotatable bonds is 9. The Bertz CT molecular complexity index is 321. The van der Waals surface area contributed by atoms with E-state index in [2.05, 4.69) is 4.74 Å². The summed E-state index contributed by atoms with van der Waals surface area (Å²) in [5.41, 5.74) is 0. The molecule has 0 aliphatic rings. The molecule has 0 bridgehead atoms. The Kier molecular flexibility index (Phi) is 8.17. The Morgan fingerprint density at radius 1 is 1.15 bits per heavy atom. The molecule has 0 aliphatic carbocycles. The molecule has 0 radical (unpaired) electrons. The van der Waals surface area contributed by atoms with Crippen LogP contribution in [0.5, 0.6) is 0 Å². The Morgan fingerprint density at radius 2 is 1.70 bits per heavy atom. The SMILES string of the molecule is CCCC(C)OC(=O)CCC(=O)OCC(F)(F)C(F)F. The highest BCUT2D eigenvalue weighted by Gasteiger charge is 2.42. The van der Waals surface area contributed by atoms with Gasteiger partial charge in [0.1, 0.15) is 0 Å². The fraction of sp³-hybridized carbons (Fsp3) is 0.833. The maximum absolute atomic E-state index is 12.4. The number of hydrogen-bond donors (Lipinski definition) is 0. The normalized spacial score (nSPS) is 13.2. The van der Waals surface area contributed by atoms with Gasteiger partial charge in [0, 0.05) is 0 Å². The van der Waals surface area contributed by atoms with E-state index in [1.54, 1.807) is 6.92 Å². The van der Waals surface area contributed by atoms with E-state index in [9.17, 15) is 27.2 Å². The van der Waals surface area contributed by atoms with Crippen LogP contribution in [0.15, 0.2) is 0 Å². The van der Waals surface area contributed by atoms with Crippen molar-refractivity contribution in [3.05, 3.63) is 0 Å². The van der Waals surface area contributed by atoms with Crippen LogP contribution in [0.2, 0.25) is 0 Å². The highest BCUT2D eigenvalue weighted by molar-refractivity contribution is 5.77. The minimum Gasteiger partial charge on any atom is -0.463 e. The van der Waals surface area contributed by atoms with Gasteiger partial charge in [0.2, 0.25) is 0 Å². The van der Waals surface area contributed by atoms with Crippen LogP contribution in [0.3, 0.4) is 0 Å². The number of alkyl halides is 4. The van der Waals surface area contributed by atoms with Gasteiger partial charge in [-0.15, -0.1) is 0 Å². The number of hydrogen-bond acceptors (Lipinski definition) is 4. The summed E-state index contributed by atoms with van der Waals surface area (Å²) in [6.07, 6.45) is -3.55. The van der Waals surface area contributed by atoms with Crippen LogP contribution >= 0.6 is 0 Å². The predicted molar refractivity (Wildman–Crippen MR) is 61.6 cm³/mol. The summed E-state index contributed by atoms with van der Waals surface area (Å²) < 4.78 is 57.3. The molecule has 0 aromatic rings. The Morgan fingerprint density at radius 3 is 2.20 bits per heavy atom. The average Bonchev–Trinajstić information content (AvgIpc) is 2.34.